The number of halogens is 1. The highest BCUT2D eigenvalue weighted by Gasteiger charge is 2.28. The van der Waals surface area contributed by atoms with Crippen LogP contribution in [0.25, 0.3) is 0 Å². The highest BCUT2D eigenvalue weighted by Crippen LogP contribution is 2.21. The quantitative estimate of drug-likeness (QED) is 0.627. The molecule has 0 saturated carbocycles. The van der Waals surface area contributed by atoms with Crippen molar-refractivity contribution in [1.29, 1.82) is 0 Å². The van der Waals surface area contributed by atoms with Gasteiger partial charge in [-0.1, -0.05) is 29.8 Å². The van der Waals surface area contributed by atoms with Crippen molar-refractivity contribution in [2.24, 2.45) is 0 Å². The molecule has 0 aliphatic carbocycles. The zero-order chi connectivity index (χ0) is 20.7. The van der Waals surface area contributed by atoms with E-state index in [2.05, 4.69) is 17.4 Å². The third kappa shape index (κ3) is 6.53. The maximum Gasteiger partial charge on any atom is 0.243 e. The lowest BCUT2D eigenvalue weighted by molar-refractivity contribution is -0.121. The number of anilines is 1. The fourth-order valence-corrected chi connectivity index (χ4v) is 4.76. The van der Waals surface area contributed by atoms with Crippen LogP contribution >= 0.6 is 11.8 Å². The van der Waals surface area contributed by atoms with Crippen molar-refractivity contribution < 1.29 is 17.6 Å². The second-order valence-electron chi connectivity index (χ2n) is 6.54. The number of aryl methyl sites for hydroxylation is 1. The van der Waals surface area contributed by atoms with Crippen LogP contribution in [0.2, 0.25) is 0 Å². The summed E-state index contributed by atoms with van der Waals surface area (Å²) in [5, 5.41) is 2.77. The van der Waals surface area contributed by atoms with E-state index in [0.29, 0.717) is 12.3 Å². The van der Waals surface area contributed by atoms with Gasteiger partial charge in [0.25, 0.3) is 0 Å². The molecule has 5 nitrogen and oxygen atoms in total. The lowest BCUT2D eigenvalue weighted by atomic mass is 10.2. The van der Waals surface area contributed by atoms with Crippen molar-refractivity contribution in [3.05, 3.63) is 65.5 Å². The molecule has 0 aliphatic heterocycles. The first-order valence-corrected chi connectivity index (χ1v) is 11.8. The number of amides is 1. The minimum absolute atomic E-state index is 0.250. The minimum Gasteiger partial charge on any atom is -0.353 e. The van der Waals surface area contributed by atoms with Gasteiger partial charge in [0.15, 0.2) is 0 Å². The Bertz CT molecular complexity index is 902. The predicted octanol–water partition coefficient (Wildman–Crippen LogP) is 3.34. The molecule has 1 atom stereocenters. The van der Waals surface area contributed by atoms with Crippen molar-refractivity contribution in [3.63, 3.8) is 0 Å². The standard InChI is InChI=1S/C20H25FN2O3S2/c1-15-5-4-6-17(13-15)14-27-12-11-22-20(24)16(2)23(28(3,25)26)19-9-7-18(21)8-10-19/h4-10,13,16H,11-12,14H2,1-3H3,(H,22,24)/t16-/m1/s1. The highest BCUT2D eigenvalue weighted by atomic mass is 32.2. The lowest BCUT2D eigenvalue weighted by Crippen LogP contribution is -2.48. The predicted molar refractivity (Wildman–Crippen MR) is 114 cm³/mol. The summed E-state index contributed by atoms with van der Waals surface area (Å²) in [5.74, 6) is 0.686. The van der Waals surface area contributed by atoms with E-state index in [9.17, 15) is 17.6 Å². The van der Waals surface area contributed by atoms with Crippen LogP contribution < -0.4 is 9.62 Å². The van der Waals surface area contributed by atoms with E-state index in [4.69, 9.17) is 0 Å². The smallest absolute Gasteiger partial charge is 0.243 e. The summed E-state index contributed by atoms with van der Waals surface area (Å²) in [6.07, 6.45) is 1.03. The molecule has 8 heteroatoms. The molecule has 2 rings (SSSR count). The monoisotopic (exact) mass is 424 g/mol. The lowest BCUT2D eigenvalue weighted by Gasteiger charge is -2.28. The second kappa shape index (κ2) is 9.93. The molecule has 0 radical (unpaired) electrons. The van der Waals surface area contributed by atoms with Crippen LogP contribution in [0.5, 0.6) is 0 Å². The van der Waals surface area contributed by atoms with Gasteiger partial charge < -0.3 is 5.32 Å². The number of rotatable bonds is 9. The van der Waals surface area contributed by atoms with E-state index < -0.39 is 27.8 Å². The Morgan fingerprint density at radius 2 is 1.89 bits per heavy atom. The summed E-state index contributed by atoms with van der Waals surface area (Å²) < 4.78 is 38.5. The van der Waals surface area contributed by atoms with Crippen LogP contribution in [0, 0.1) is 12.7 Å². The first-order valence-electron chi connectivity index (χ1n) is 8.84. The van der Waals surface area contributed by atoms with Crippen LogP contribution in [-0.4, -0.2) is 38.9 Å². The third-order valence-electron chi connectivity index (χ3n) is 4.07. The average molecular weight is 425 g/mol. The number of benzene rings is 2. The molecular formula is C20H25FN2O3S2. The van der Waals surface area contributed by atoms with Gasteiger partial charge in [0, 0.05) is 18.1 Å². The molecule has 1 N–H and O–H groups in total. The summed E-state index contributed by atoms with van der Waals surface area (Å²) in [6, 6.07) is 12.3. The number of carbonyl (C=O) groups excluding carboxylic acids is 1. The molecule has 0 spiro atoms. The van der Waals surface area contributed by atoms with Gasteiger partial charge in [-0.15, -0.1) is 0 Å². The van der Waals surface area contributed by atoms with Gasteiger partial charge in [0.1, 0.15) is 11.9 Å². The third-order valence-corrected chi connectivity index (χ3v) is 6.34. The Labute approximate surface area is 170 Å². The van der Waals surface area contributed by atoms with E-state index >= 15 is 0 Å². The second-order valence-corrected chi connectivity index (χ2v) is 9.51. The summed E-state index contributed by atoms with van der Waals surface area (Å²) in [6.45, 7) is 3.99. The number of nitrogens with zero attached hydrogens (tertiary/aromatic N) is 1. The van der Waals surface area contributed by atoms with Crippen molar-refractivity contribution in [2.75, 3.05) is 22.9 Å². The molecule has 2 aromatic rings. The van der Waals surface area contributed by atoms with Gasteiger partial charge in [0.2, 0.25) is 15.9 Å². The number of carbonyl (C=O) groups is 1. The number of hydrogen-bond acceptors (Lipinski definition) is 4. The molecule has 2 aromatic carbocycles. The molecule has 28 heavy (non-hydrogen) atoms. The normalized spacial score (nSPS) is 12.4. The fraction of sp³-hybridized carbons (Fsp3) is 0.350. The Hall–Kier alpha value is -2.06. The first kappa shape index (κ1) is 22.2. The molecule has 0 saturated heterocycles. The van der Waals surface area contributed by atoms with Crippen molar-refractivity contribution in [2.45, 2.75) is 25.6 Å². The van der Waals surface area contributed by atoms with Gasteiger partial charge in [-0.25, -0.2) is 12.8 Å². The summed E-state index contributed by atoms with van der Waals surface area (Å²) in [7, 11) is -3.71. The zero-order valence-corrected chi connectivity index (χ0v) is 17.8. The topological polar surface area (TPSA) is 66.5 Å². The van der Waals surface area contributed by atoms with Crippen LogP contribution in [-0.2, 0) is 20.6 Å². The molecule has 0 unspecified atom stereocenters. The van der Waals surface area contributed by atoms with Crippen molar-refractivity contribution in [3.8, 4) is 0 Å². The Morgan fingerprint density at radius 3 is 2.50 bits per heavy atom. The van der Waals surface area contributed by atoms with E-state index in [-0.39, 0.29) is 5.69 Å². The summed E-state index contributed by atoms with van der Waals surface area (Å²) in [5.41, 5.74) is 2.69. The highest BCUT2D eigenvalue weighted by molar-refractivity contribution is 7.98. The molecule has 1 amide bonds. The molecule has 0 heterocycles. The zero-order valence-electron chi connectivity index (χ0n) is 16.2. The van der Waals surface area contributed by atoms with Crippen LogP contribution in [0.4, 0.5) is 10.1 Å². The van der Waals surface area contributed by atoms with Crippen molar-refractivity contribution >= 4 is 33.4 Å². The molecule has 0 fully saturated rings. The first-order chi connectivity index (χ1) is 13.2. The number of thioether (sulfide) groups is 1. The van der Waals surface area contributed by atoms with Gasteiger partial charge in [-0.05, 0) is 43.7 Å². The van der Waals surface area contributed by atoms with E-state index in [1.807, 2.05) is 19.1 Å². The summed E-state index contributed by atoms with van der Waals surface area (Å²) >= 11 is 1.69. The van der Waals surface area contributed by atoms with Gasteiger partial charge >= 0.3 is 0 Å². The summed E-state index contributed by atoms with van der Waals surface area (Å²) in [4.78, 5) is 12.4. The Kier molecular flexibility index (Phi) is 7.88. The van der Waals surface area contributed by atoms with Crippen LogP contribution in [0.1, 0.15) is 18.1 Å². The number of nitrogens with one attached hydrogen (secondary N) is 1. The van der Waals surface area contributed by atoms with Crippen LogP contribution in [0.15, 0.2) is 48.5 Å². The van der Waals surface area contributed by atoms with Crippen LogP contribution in [0.3, 0.4) is 0 Å². The largest absolute Gasteiger partial charge is 0.353 e. The fourth-order valence-electron chi connectivity index (χ4n) is 2.78. The van der Waals surface area contributed by atoms with E-state index in [1.54, 1.807) is 11.8 Å². The molecular weight excluding hydrogens is 399 g/mol. The van der Waals surface area contributed by atoms with Gasteiger partial charge in [-0.2, -0.15) is 11.8 Å². The number of sulfonamides is 1. The molecule has 0 aliphatic rings. The van der Waals surface area contributed by atoms with Gasteiger partial charge in [0.05, 0.1) is 11.9 Å². The van der Waals surface area contributed by atoms with E-state index in [0.717, 1.165) is 16.3 Å². The SMILES string of the molecule is Cc1cccc(CSCCNC(=O)[C@@H](C)N(c2ccc(F)cc2)S(C)(=O)=O)c1. The van der Waals surface area contributed by atoms with Crippen molar-refractivity contribution in [1.82, 2.24) is 5.32 Å². The average Bonchev–Trinajstić information content (AvgIpc) is 2.62. The Balaban J connectivity index is 1.89. The molecule has 0 bridgehead atoms. The molecule has 152 valence electrons. The van der Waals surface area contributed by atoms with Gasteiger partial charge in [-0.3, -0.25) is 9.10 Å². The Morgan fingerprint density at radius 1 is 1.21 bits per heavy atom. The van der Waals surface area contributed by atoms with E-state index in [1.165, 1.54) is 42.3 Å². The maximum absolute atomic E-state index is 13.1. The maximum atomic E-state index is 13.1. The number of hydrogen-bond donors (Lipinski definition) is 1. The molecule has 0 aromatic heterocycles. The minimum atomic E-state index is -3.71.